The second-order valence-electron chi connectivity index (χ2n) is 6.22. The Morgan fingerprint density at radius 2 is 2.23 bits per heavy atom. The van der Waals surface area contributed by atoms with Crippen molar-refractivity contribution in [3.8, 4) is 5.75 Å². The lowest BCUT2D eigenvalue weighted by Crippen LogP contribution is -2.43. The molecule has 1 aromatic rings. The van der Waals surface area contributed by atoms with Crippen LogP contribution in [0.15, 0.2) is 24.3 Å². The number of aliphatic hydroxyl groups is 1. The molecule has 3 atom stereocenters. The summed E-state index contributed by atoms with van der Waals surface area (Å²) in [6.07, 6.45) is 0.555. The zero-order chi connectivity index (χ0) is 16.1. The van der Waals surface area contributed by atoms with Gasteiger partial charge in [-0.2, -0.15) is 0 Å². The van der Waals surface area contributed by atoms with Crippen LogP contribution in [0.5, 0.6) is 5.75 Å². The van der Waals surface area contributed by atoms with Crippen molar-refractivity contribution >= 4 is 5.69 Å². The number of ether oxygens (including phenoxy) is 1. The van der Waals surface area contributed by atoms with Gasteiger partial charge in [0.05, 0.1) is 11.0 Å². The number of likely N-dealkylation sites (tertiary alicyclic amines) is 1. The van der Waals surface area contributed by atoms with E-state index in [2.05, 4.69) is 18.7 Å². The highest BCUT2D eigenvalue weighted by molar-refractivity contribution is 5.37. The van der Waals surface area contributed by atoms with E-state index in [9.17, 15) is 15.2 Å². The Morgan fingerprint density at radius 1 is 1.45 bits per heavy atom. The molecule has 1 aliphatic heterocycles. The minimum atomic E-state index is -0.597. The number of aliphatic hydroxyl groups excluding tert-OH is 1. The van der Waals surface area contributed by atoms with Gasteiger partial charge in [-0.05, 0) is 30.9 Å². The summed E-state index contributed by atoms with van der Waals surface area (Å²) in [5, 5.41) is 20.8. The number of piperidine rings is 1. The molecule has 0 spiro atoms. The number of hydrogen-bond acceptors (Lipinski definition) is 5. The number of nitrogens with zero attached hydrogens (tertiary/aromatic N) is 2. The number of non-ortho nitro benzene ring substituents is 1. The molecular formula is C16H24N2O4. The van der Waals surface area contributed by atoms with Crippen LogP contribution in [0.3, 0.4) is 0 Å². The third-order valence-corrected chi connectivity index (χ3v) is 4.36. The molecule has 1 N–H and O–H groups in total. The van der Waals surface area contributed by atoms with Gasteiger partial charge in [-0.3, -0.25) is 10.1 Å². The largest absolute Gasteiger partial charge is 0.491 e. The maximum absolute atomic E-state index is 10.7. The topological polar surface area (TPSA) is 75.8 Å². The highest BCUT2D eigenvalue weighted by Gasteiger charge is 2.24. The summed E-state index contributed by atoms with van der Waals surface area (Å²) in [7, 11) is 0. The van der Waals surface area contributed by atoms with Crippen molar-refractivity contribution in [1.29, 1.82) is 0 Å². The van der Waals surface area contributed by atoms with Crippen LogP contribution in [0.1, 0.15) is 20.3 Å². The molecule has 1 fully saturated rings. The van der Waals surface area contributed by atoms with Crippen LogP contribution in [0.2, 0.25) is 0 Å². The highest BCUT2D eigenvalue weighted by atomic mass is 16.6. The van der Waals surface area contributed by atoms with E-state index in [1.165, 1.54) is 12.1 Å². The number of β-amino-alcohol motifs (C(OH)–C–C–N with tert-alkyl or cyclic N) is 1. The van der Waals surface area contributed by atoms with Crippen LogP contribution in [0.4, 0.5) is 5.69 Å². The molecule has 22 heavy (non-hydrogen) atoms. The van der Waals surface area contributed by atoms with E-state index in [-0.39, 0.29) is 12.3 Å². The summed E-state index contributed by atoms with van der Waals surface area (Å²) in [4.78, 5) is 12.5. The first-order chi connectivity index (χ1) is 10.5. The van der Waals surface area contributed by atoms with Crippen LogP contribution in [0, 0.1) is 22.0 Å². The maximum atomic E-state index is 10.7. The molecule has 0 bridgehead atoms. The zero-order valence-corrected chi connectivity index (χ0v) is 13.1. The van der Waals surface area contributed by atoms with Gasteiger partial charge in [0.25, 0.3) is 5.69 Å². The Kier molecular flexibility index (Phi) is 5.74. The summed E-state index contributed by atoms with van der Waals surface area (Å²) >= 11 is 0. The first-order valence-electron chi connectivity index (χ1n) is 7.73. The molecule has 0 aromatic heterocycles. The van der Waals surface area contributed by atoms with E-state index in [1.807, 2.05) is 0 Å². The molecule has 6 heteroatoms. The number of nitro groups is 1. The van der Waals surface area contributed by atoms with Crippen LogP contribution < -0.4 is 4.74 Å². The summed E-state index contributed by atoms with van der Waals surface area (Å²) < 4.78 is 5.47. The number of nitro benzene ring substituents is 1. The number of hydrogen-bond donors (Lipinski definition) is 1. The van der Waals surface area contributed by atoms with Gasteiger partial charge >= 0.3 is 0 Å². The standard InChI is InChI=1S/C16H24N2O4/c1-12-6-7-17(9-13(12)2)10-15(19)11-22-16-5-3-4-14(8-16)18(20)21/h3-5,8,12-13,15,19H,6-7,9-11H2,1-2H3. The Balaban J connectivity index is 1.79. The second-order valence-corrected chi connectivity index (χ2v) is 6.22. The predicted molar refractivity (Wildman–Crippen MR) is 84.0 cm³/mol. The summed E-state index contributed by atoms with van der Waals surface area (Å²) in [6, 6.07) is 6.02. The molecule has 0 radical (unpaired) electrons. The Morgan fingerprint density at radius 3 is 2.91 bits per heavy atom. The molecule has 3 unspecified atom stereocenters. The molecule has 0 saturated carbocycles. The summed E-state index contributed by atoms with van der Waals surface area (Å²) in [6.45, 7) is 7.22. The lowest BCUT2D eigenvalue weighted by molar-refractivity contribution is -0.384. The molecule has 122 valence electrons. The SMILES string of the molecule is CC1CCN(CC(O)COc2cccc([N+](=O)[O-])c2)CC1C. The number of benzene rings is 1. The van der Waals surface area contributed by atoms with Gasteiger partial charge in [-0.15, -0.1) is 0 Å². The van der Waals surface area contributed by atoms with Gasteiger partial charge in [-0.1, -0.05) is 19.9 Å². The Labute approximate surface area is 130 Å². The Hall–Kier alpha value is -1.66. The zero-order valence-electron chi connectivity index (χ0n) is 13.1. The van der Waals surface area contributed by atoms with Crippen molar-refractivity contribution in [3.63, 3.8) is 0 Å². The van der Waals surface area contributed by atoms with Crippen molar-refractivity contribution in [1.82, 2.24) is 4.90 Å². The fourth-order valence-electron chi connectivity index (χ4n) is 2.75. The summed E-state index contributed by atoms with van der Waals surface area (Å²) in [5.41, 5.74) is -0.00849. The van der Waals surface area contributed by atoms with Crippen molar-refractivity contribution in [2.45, 2.75) is 26.4 Å². The molecule has 1 heterocycles. The average molecular weight is 308 g/mol. The van der Waals surface area contributed by atoms with Gasteiger partial charge in [0.1, 0.15) is 18.5 Å². The van der Waals surface area contributed by atoms with Crippen LogP contribution in [0.25, 0.3) is 0 Å². The van der Waals surface area contributed by atoms with E-state index < -0.39 is 11.0 Å². The first-order valence-corrected chi connectivity index (χ1v) is 7.73. The predicted octanol–water partition coefficient (Wildman–Crippen LogP) is 2.31. The van der Waals surface area contributed by atoms with Crippen molar-refractivity contribution < 1.29 is 14.8 Å². The molecule has 6 nitrogen and oxygen atoms in total. The molecule has 2 rings (SSSR count). The quantitative estimate of drug-likeness (QED) is 0.644. The minimum absolute atomic E-state index is 0.00849. The molecule has 1 saturated heterocycles. The van der Waals surface area contributed by atoms with Gasteiger partial charge in [0.2, 0.25) is 0 Å². The lowest BCUT2D eigenvalue weighted by atomic mass is 9.88. The van der Waals surface area contributed by atoms with Crippen molar-refractivity contribution in [2.75, 3.05) is 26.2 Å². The monoisotopic (exact) mass is 308 g/mol. The van der Waals surface area contributed by atoms with Gasteiger partial charge < -0.3 is 14.7 Å². The van der Waals surface area contributed by atoms with E-state index >= 15 is 0 Å². The third-order valence-electron chi connectivity index (χ3n) is 4.36. The third kappa shape index (κ3) is 4.68. The fraction of sp³-hybridized carbons (Fsp3) is 0.625. The Bertz CT molecular complexity index is 509. The van der Waals surface area contributed by atoms with Crippen molar-refractivity contribution in [2.24, 2.45) is 11.8 Å². The molecule has 1 aliphatic rings. The molecule has 0 aliphatic carbocycles. The molecule has 1 aromatic carbocycles. The van der Waals surface area contributed by atoms with E-state index in [4.69, 9.17) is 4.74 Å². The fourth-order valence-corrected chi connectivity index (χ4v) is 2.75. The normalized spacial score (nSPS) is 24.0. The maximum Gasteiger partial charge on any atom is 0.273 e. The second kappa shape index (κ2) is 7.56. The van der Waals surface area contributed by atoms with Crippen LogP contribution in [-0.2, 0) is 0 Å². The van der Waals surface area contributed by atoms with Gasteiger partial charge in [0, 0.05) is 19.2 Å². The van der Waals surface area contributed by atoms with E-state index in [0.717, 1.165) is 25.4 Å². The van der Waals surface area contributed by atoms with E-state index in [0.29, 0.717) is 18.2 Å². The highest BCUT2D eigenvalue weighted by Crippen LogP contribution is 2.23. The lowest BCUT2D eigenvalue weighted by Gasteiger charge is -2.36. The van der Waals surface area contributed by atoms with Gasteiger partial charge in [-0.25, -0.2) is 0 Å². The summed E-state index contributed by atoms with van der Waals surface area (Å²) in [5.74, 6) is 1.78. The van der Waals surface area contributed by atoms with E-state index in [1.54, 1.807) is 12.1 Å². The molecule has 0 amide bonds. The van der Waals surface area contributed by atoms with Crippen molar-refractivity contribution in [3.05, 3.63) is 34.4 Å². The van der Waals surface area contributed by atoms with Crippen LogP contribution in [-0.4, -0.2) is 47.3 Å². The minimum Gasteiger partial charge on any atom is -0.491 e. The smallest absolute Gasteiger partial charge is 0.273 e. The number of rotatable bonds is 6. The van der Waals surface area contributed by atoms with Crippen LogP contribution >= 0.6 is 0 Å². The average Bonchev–Trinajstić information content (AvgIpc) is 2.49. The first kappa shape index (κ1) is 16.7. The molecular weight excluding hydrogens is 284 g/mol. The van der Waals surface area contributed by atoms with Gasteiger partial charge in [0.15, 0.2) is 0 Å².